The Kier molecular flexibility index (Phi) is 19.7. The minimum Gasteiger partial charge on any atom is -0.458 e. The molecule has 4 atom stereocenters. The van der Waals surface area contributed by atoms with Crippen LogP contribution in [0.1, 0.15) is 148 Å². The second kappa shape index (κ2) is 24.2. The van der Waals surface area contributed by atoms with Crippen molar-refractivity contribution in [3.8, 4) is 0 Å². The molecule has 0 aromatic heterocycles. The lowest BCUT2D eigenvalue weighted by atomic mass is 9.88. The van der Waals surface area contributed by atoms with E-state index in [1.807, 2.05) is 41.5 Å². The summed E-state index contributed by atoms with van der Waals surface area (Å²) in [6.07, 6.45) is 8.75. The molecular formula is C60H88O8Si2. The molecule has 10 heteroatoms. The molecule has 0 aliphatic heterocycles. The molecule has 4 aromatic rings. The van der Waals surface area contributed by atoms with Crippen molar-refractivity contribution in [1.82, 2.24) is 0 Å². The van der Waals surface area contributed by atoms with Gasteiger partial charge in [-0.15, -0.1) is 0 Å². The van der Waals surface area contributed by atoms with Crippen molar-refractivity contribution in [2.24, 2.45) is 11.8 Å². The molecule has 0 saturated heterocycles. The number of hydrogen-bond acceptors (Lipinski definition) is 8. The molecule has 2 aliphatic carbocycles. The molecule has 0 heterocycles. The predicted octanol–water partition coefficient (Wildman–Crippen LogP) is 11.7. The summed E-state index contributed by atoms with van der Waals surface area (Å²) >= 11 is 0. The Labute approximate surface area is 425 Å². The van der Waals surface area contributed by atoms with Crippen LogP contribution < -0.4 is 20.7 Å². The first-order valence-corrected chi connectivity index (χ1v) is 29.8. The second-order valence-corrected chi connectivity index (χ2v) is 32.8. The normalized spacial score (nSPS) is 19.6. The molecule has 4 unspecified atom stereocenters. The molecule has 0 N–H and O–H groups in total. The van der Waals surface area contributed by atoms with E-state index < -0.39 is 33.4 Å². The number of hydrogen-bond donors (Lipinski definition) is 0. The van der Waals surface area contributed by atoms with Gasteiger partial charge in [-0.2, -0.15) is 0 Å². The van der Waals surface area contributed by atoms with E-state index in [1.54, 1.807) is 13.8 Å². The van der Waals surface area contributed by atoms with Crippen molar-refractivity contribution in [2.75, 3.05) is 19.8 Å². The van der Waals surface area contributed by atoms with Crippen LogP contribution in [0.4, 0.5) is 0 Å². The van der Waals surface area contributed by atoms with Crippen molar-refractivity contribution < 1.29 is 37.4 Å². The zero-order valence-corrected chi connectivity index (χ0v) is 47.4. The number of carbonyl (C=O) groups excluding carboxylic acids is 2. The van der Waals surface area contributed by atoms with Gasteiger partial charge in [0.2, 0.25) is 0 Å². The average Bonchev–Trinajstić information content (AvgIpc) is 3.29. The van der Waals surface area contributed by atoms with E-state index in [-0.39, 0.29) is 40.8 Å². The SMILES string of the molecule is CC(C)(C)OC(=O)C(C)(C)OCC1CCCC(O[Si](c2ccccc2)(c2ccccc2)C(C)(C)C)C1.CC(C)(C)OC(=O)COCC1CCCC(O[Si](c2ccccc2)(c2ccccc2)C(C)(C)C)C1. The molecule has 4 aromatic carbocycles. The summed E-state index contributed by atoms with van der Waals surface area (Å²) in [5.74, 6) is 0.123. The molecular weight excluding hydrogens is 905 g/mol. The maximum atomic E-state index is 12.7. The first-order chi connectivity index (χ1) is 32.8. The fourth-order valence-electron chi connectivity index (χ4n) is 10.3. The van der Waals surface area contributed by atoms with Crippen molar-refractivity contribution >= 4 is 49.3 Å². The molecule has 2 fully saturated rings. The Morgan fingerprint density at radius 2 is 0.814 bits per heavy atom. The third-order valence-corrected chi connectivity index (χ3v) is 23.7. The molecule has 6 rings (SSSR count). The van der Waals surface area contributed by atoms with Gasteiger partial charge in [-0.3, -0.25) is 0 Å². The van der Waals surface area contributed by atoms with E-state index in [0.29, 0.717) is 25.0 Å². The van der Waals surface area contributed by atoms with Crippen LogP contribution in [0.3, 0.4) is 0 Å². The van der Waals surface area contributed by atoms with Crippen molar-refractivity contribution in [3.63, 3.8) is 0 Å². The highest BCUT2D eigenvalue weighted by Crippen LogP contribution is 2.42. The number of benzene rings is 4. The fourth-order valence-corrected chi connectivity index (χ4v) is 19.8. The van der Waals surface area contributed by atoms with Gasteiger partial charge in [0.15, 0.2) is 5.60 Å². The van der Waals surface area contributed by atoms with Gasteiger partial charge in [-0.25, -0.2) is 9.59 Å². The first-order valence-electron chi connectivity index (χ1n) is 26.0. The molecule has 0 spiro atoms. The maximum absolute atomic E-state index is 12.7. The maximum Gasteiger partial charge on any atom is 0.338 e. The summed E-state index contributed by atoms with van der Waals surface area (Å²) in [5.41, 5.74) is -1.99. The first kappa shape index (κ1) is 57.0. The minimum atomic E-state index is -2.59. The summed E-state index contributed by atoms with van der Waals surface area (Å²) in [7, 11) is -5.14. The smallest absolute Gasteiger partial charge is 0.338 e. The quantitative estimate of drug-likeness (QED) is 0.0810. The number of esters is 2. The van der Waals surface area contributed by atoms with Crippen molar-refractivity contribution in [1.29, 1.82) is 0 Å². The van der Waals surface area contributed by atoms with E-state index in [0.717, 1.165) is 51.4 Å². The highest BCUT2D eigenvalue weighted by Gasteiger charge is 2.53. The Bertz CT molecular complexity index is 2110. The fraction of sp³-hybridized carbons (Fsp3) is 0.567. The summed E-state index contributed by atoms with van der Waals surface area (Å²) in [5, 5.41) is 5.18. The molecule has 2 saturated carbocycles. The lowest BCUT2D eigenvalue weighted by molar-refractivity contribution is -0.181. The Morgan fingerprint density at radius 1 is 0.471 bits per heavy atom. The van der Waals surface area contributed by atoms with Crippen LogP contribution in [0.2, 0.25) is 10.1 Å². The van der Waals surface area contributed by atoms with E-state index in [9.17, 15) is 9.59 Å². The van der Waals surface area contributed by atoms with Crippen LogP contribution in [-0.4, -0.2) is 77.4 Å². The minimum absolute atomic E-state index is 0.00794. The van der Waals surface area contributed by atoms with Gasteiger partial charge in [-0.05, 0) is 137 Å². The van der Waals surface area contributed by atoms with Crippen LogP contribution in [0.5, 0.6) is 0 Å². The summed E-state index contributed by atoms with van der Waals surface area (Å²) < 4.78 is 37.6. The number of ether oxygens (including phenoxy) is 4. The molecule has 70 heavy (non-hydrogen) atoms. The molecule has 8 nitrogen and oxygen atoms in total. The van der Waals surface area contributed by atoms with Gasteiger partial charge in [-0.1, -0.05) is 176 Å². The van der Waals surface area contributed by atoms with Crippen LogP contribution in [-0.2, 0) is 37.4 Å². The van der Waals surface area contributed by atoms with Gasteiger partial charge in [0, 0.05) is 12.2 Å². The van der Waals surface area contributed by atoms with Crippen molar-refractivity contribution in [2.45, 2.75) is 187 Å². The highest BCUT2D eigenvalue weighted by atomic mass is 28.4. The lowest BCUT2D eigenvalue weighted by Gasteiger charge is -2.46. The average molecular weight is 994 g/mol. The van der Waals surface area contributed by atoms with E-state index in [1.165, 1.54) is 20.7 Å². The molecule has 384 valence electrons. The molecule has 0 amide bonds. The zero-order chi connectivity index (χ0) is 51.4. The van der Waals surface area contributed by atoms with E-state index in [4.69, 9.17) is 27.8 Å². The van der Waals surface area contributed by atoms with Crippen molar-refractivity contribution in [3.05, 3.63) is 121 Å². The number of rotatable bonds is 16. The standard InChI is InChI=1S/C31H46O4Si.C29H42O4Si/c1-29(2,3)34-28(32)31(7,8)33-23-24-16-15-17-25(22-24)35-36(30(4,5)6,26-18-11-9-12-19-26)27-20-13-10-14-21-27;1-28(2,3)32-27(30)22-31-21-23-14-13-15-24(20-23)33-34(29(4,5)6,25-16-9-7-10-17-25)26-18-11-8-12-19-26/h9-14,18-21,24-25H,15-17,22-23H2,1-8H3;7-12,16-19,23-24H,13-15,20-22H2,1-6H3. The summed E-state index contributed by atoms with van der Waals surface area (Å²) in [6, 6.07) is 43.3. The highest BCUT2D eigenvalue weighted by molar-refractivity contribution is 7.00. The van der Waals surface area contributed by atoms with Gasteiger partial charge in [0.25, 0.3) is 16.6 Å². The predicted molar refractivity (Wildman–Crippen MR) is 291 cm³/mol. The van der Waals surface area contributed by atoms with E-state index >= 15 is 0 Å². The van der Waals surface area contributed by atoms with Crippen LogP contribution in [0.15, 0.2) is 121 Å². The zero-order valence-electron chi connectivity index (χ0n) is 45.4. The monoisotopic (exact) mass is 993 g/mol. The van der Waals surface area contributed by atoms with Crippen LogP contribution >= 0.6 is 0 Å². The van der Waals surface area contributed by atoms with Gasteiger partial charge >= 0.3 is 11.9 Å². The Balaban J connectivity index is 0.000000261. The van der Waals surface area contributed by atoms with Crippen LogP contribution in [0, 0.1) is 11.8 Å². The topological polar surface area (TPSA) is 89.5 Å². The van der Waals surface area contributed by atoms with Gasteiger partial charge in [0.1, 0.15) is 17.8 Å². The molecule has 0 bridgehead atoms. The third-order valence-electron chi connectivity index (χ3n) is 13.6. The lowest BCUT2D eigenvalue weighted by Crippen LogP contribution is -2.68. The van der Waals surface area contributed by atoms with Gasteiger partial charge in [0.05, 0.1) is 13.2 Å². The second-order valence-electron chi connectivity index (χ2n) is 24.3. The van der Waals surface area contributed by atoms with E-state index in [2.05, 4.69) is 163 Å². The number of carbonyl (C=O) groups is 2. The van der Waals surface area contributed by atoms with Crippen LogP contribution in [0.25, 0.3) is 0 Å². The third kappa shape index (κ3) is 15.6. The van der Waals surface area contributed by atoms with Gasteiger partial charge < -0.3 is 27.8 Å². The molecule has 0 radical (unpaired) electrons. The Hall–Kier alpha value is -3.91. The Morgan fingerprint density at radius 3 is 1.14 bits per heavy atom. The largest absolute Gasteiger partial charge is 0.458 e. The summed E-state index contributed by atoms with van der Waals surface area (Å²) in [6.45, 7) is 29.9. The summed E-state index contributed by atoms with van der Waals surface area (Å²) in [4.78, 5) is 24.7. The molecule has 2 aliphatic rings.